The summed E-state index contributed by atoms with van der Waals surface area (Å²) >= 11 is 1.82. The molecular weight excluding hydrogens is 318 g/mol. The van der Waals surface area contributed by atoms with Crippen molar-refractivity contribution in [3.05, 3.63) is 22.6 Å². The van der Waals surface area contributed by atoms with Crippen LogP contribution in [0.5, 0.6) is 0 Å². The van der Waals surface area contributed by atoms with Crippen LogP contribution in [-0.2, 0) is 14.4 Å². The average Bonchev–Trinajstić information content (AvgIpc) is 2.98. The minimum atomic E-state index is -1.11. The molecule has 0 saturated carbocycles. The molecule has 2 rings (SSSR count). The Morgan fingerprint density at radius 3 is 2.81 bits per heavy atom. The second kappa shape index (κ2) is 6.50. The number of nitrogens with one attached hydrogen (secondary N) is 1. The Balaban J connectivity index is 2.02. The lowest BCUT2D eigenvalue weighted by atomic mass is 10.3. The van der Waals surface area contributed by atoms with Crippen LogP contribution in [0.15, 0.2) is 22.6 Å². The Morgan fingerprint density at radius 1 is 1.43 bits per heavy atom. The topological polar surface area (TPSA) is 117 Å². The molecule has 2 heterocycles. The van der Waals surface area contributed by atoms with Gasteiger partial charge in [0.15, 0.2) is 5.13 Å². The van der Waals surface area contributed by atoms with E-state index in [1.54, 1.807) is 5.38 Å². The Morgan fingerprint density at radius 2 is 2.19 bits per heavy atom. The van der Waals surface area contributed by atoms with Gasteiger partial charge in [0.1, 0.15) is 0 Å². The summed E-state index contributed by atoms with van der Waals surface area (Å²) < 4.78 is 0. The lowest BCUT2D eigenvalue weighted by Gasteiger charge is -2.09. The first-order valence-electron chi connectivity index (χ1n) is 5.65. The largest absolute Gasteiger partial charge is 0.481 e. The summed E-state index contributed by atoms with van der Waals surface area (Å²) in [5, 5.41) is 12.5. The number of amides is 3. The number of rotatable bonds is 5. The lowest BCUT2D eigenvalue weighted by molar-refractivity contribution is -0.137. The third-order valence-corrected chi connectivity index (χ3v) is 3.94. The number of nitrogens with zero attached hydrogens (tertiary/aromatic N) is 2. The van der Waals surface area contributed by atoms with Crippen LogP contribution < -0.4 is 5.32 Å². The summed E-state index contributed by atoms with van der Waals surface area (Å²) in [5.41, 5.74) is 0. The number of carboxylic acids is 1. The van der Waals surface area contributed by atoms with E-state index < -0.39 is 23.0 Å². The molecule has 0 bridgehead atoms. The van der Waals surface area contributed by atoms with Gasteiger partial charge in [-0.1, -0.05) is 0 Å². The molecule has 2 N–H and O–H groups in total. The smallest absolute Gasteiger partial charge is 0.305 e. The van der Waals surface area contributed by atoms with E-state index in [0.29, 0.717) is 16.9 Å². The number of anilines is 1. The maximum atomic E-state index is 11.9. The minimum absolute atomic E-state index is 0.0422. The minimum Gasteiger partial charge on any atom is -0.481 e. The SMILES string of the molecule is O=C(O)CCN1C(=O)S/C(=C\C(=O)Nc2nccs2)C1=O. The van der Waals surface area contributed by atoms with Gasteiger partial charge in [0.25, 0.3) is 17.1 Å². The first kappa shape index (κ1) is 15.2. The molecule has 0 atom stereocenters. The molecule has 1 aliphatic heterocycles. The number of aromatic nitrogens is 1. The maximum absolute atomic E-state index is 11.9. The van der Waals surface area contributed by atoms with E-state index in [-0.39, 0.29) is 17.9 Å². The predicted molar refractivity (Wildman–Crippen MR) is 75.8 cm³/mol. The third kappa shape index (κ3) is 3.89. The van der Waals surface area contributed by atoms with Crippen LogP contribution in [0.25, 0.3) is 0 Å². The molecule has 1 aliphatic rings. The van der Waals surface area contributed by atoms with E-state index in [2.05, 4.69) is 10.3 Å². The number of hydrogen-bond acceptors (Lipinski definition) is 7. The molecule has 1 fully saturated rings. The molecule has 0 aliphatic carbocycles. The fourth-order valence-electron chi connectivity index (χ4n) is 1.45. The molecule has 10 heteroatoms. The molecular formula is C11H9N3O5S2. The van der Waals surface area contributed by atoms with Gasteiger partial charge in [0.05, 0.1) is 11.3 Å². The van der Waals surface area contributed by atoms with Crippen LogP contribution >= 0.6 is 23.1 Å². The number of hydrogen-bond donors (Lipinski definition) is 2. The van der Waals surface area contributed by atoms with Crippen LogP contribution in [0.1, 0.15) is 6.42 Å². The van der Waals surface area contributed by atoms with Gasteiger partial charge in [-0.2, -0.15) is 0 Å². The fourth-order valence-corrected chi connectivity index (χ4v) is 2.81. The Labute approximate surface area is 126 Å². The van der Waals surface area contributed by atoms with E-state index >= 15 is 0 Å². The summed E-state index contributed by atoms with van der Waals surface area (Å²) in [6.45, 7) is -0.217. The molecule has 1 aromatic heterocycles. The predicted octanol–water partition coefficient (Wildman–Crippen LogP) is 1.14. The maximum Gasteiger partial charge on any atom is 0.305 e. The Bertz CT molecular complexity index is 626. The summed E-state index contributed by atoms with van der Waals surface area (Å²) in [6, 6.07) is 0. The van der Waals surface area contributed by atoms with E-state index in [4.69, 9.17) is 5.11 Å². The van der Waals surface area contributed by atoms with Crippen molar-refractivity contribution in [3.8, 4) is 0 Å². The van der Waals surface area contributed by atoms with Crippen LogP contribution in [0, 0.1) is 0 Å². The fraction of sp³-hybridized carbons (Fsp3) is 0.182. The molecule has 1 aromatic rings. The molecule has 0 unspecified atom stereocenters. The van der Waals surface area contributed by atoms with Crippen molar-refractivity contribution in [2.75, 3.05) is 11.9 Å². The molecule has 0 radical (unpaired) electrons. The standard InChI is InChI=1S/C11H9N3O5S2/c15-7(13-10-12-2-4-20-10)5-6-9(18)14(11(19)21-6)3-1-8(16)17/h2,4-5H,1,3H2,(H,16,17)(H,12,13,15)/b6-5-. The van der Waals surface area contributed by atoms with Gasteiger partial charge >= 0.3 is 5.97 Å². The second-order valence-electron chi connectivity index (χ2n) is 3.80. The van der Waals surface area contributed by atoms with Crippen molar-refractivity contribution in [1.82, 2.24) is 9.88 Å². The van der Waals surface area contributed by atoms with Crippen LogP contribution in [0.4, 0.5) is 9.93 Å². The average molecular weight is 327 g/mol. The first-order chi connectivity index (χ1) is 9.97. The van der Waals surface area contributed by atoms with Gasteiger partial charge in [-0.15, -0.1) is 11.3 Å². The van der Waals surface area contributed by atoms with Crippen molar-refractivity contribution >= 4 is 51.3 Å². The number of imide groups is 1. The summed E-state index contributed by atoms with van der Waals surface area (Å²) in [4.78, 5) is 50.3. The summed E-state index contributed by atoms with van der Waals surface area (Å²) in [7, 11) is 0. The molecule has 8 nitrogen and oxygen atoms in total. The zero-order valence-electron chi connectivity index (χ0n) is 10.4. The molecule has 1 saturated heterocycles. The molecule has 0 aromatic carbocycles. The lowest BCUT2D eigenvalue weighted by Crippen LogP contribution is -2.30. The van der Waals surface area contributed by atoms with Crippen molar-refractivity contribution in [3.63, 3.8) is 0 Å². The quantitative estimate of drug-likeness (QED) is 0.779. The van der Waals surface area contributed by atoms with E-state index in [0.717, 1.165) is 11.0 Å². The van der Waals surface area contributed by atoms with E-state index in [1.165, 1.54) is 17.5 Å². The number of carbonyl (C=O) groups excluding carboxylic acids is 3. The number of thioether (sulfide) groups is 1. The first-order valence-corrected chi connectivity index (χ1v) is 7.34. The number of carbonyl (C=O) groups is 4. The van der Waals surface area contributed by atoms with Crippen LogP contribution in [-0.4, -0.2) is 44.6 Å². The van der Waals surface area contributed by atoms with Crippen molar-refractivity contribution in [1.29, 1.82) is 0 Å². The normalized spacial score (nSPS) is 16.6. The van der Waals surface area contributed by atoms with Gasteiger partial charge in [0, 0.05) is 24.2 Å². The monoisotopic (exact) mass is 327 g/mol. The third-order valence-electron chi connectivity index (χ3n) is 2.35. The van der Waals surface area contributed by atoms with Gasteiger partial charge in [-0.3, -0.25) is 29.4 Å². The zero-order valence-corrected chi connectivity index (χ0v) is 12.1. The molecule has 110 valence electrons. The number of carboxylic acid groups (broad SMARTS) is 1. The van der Waals surface area contributed by atoms with Crippen molar-refractivity contribution < 1.29 is 24.3 Å². The van der Waals surface area contributed by atoms with Crippen LogP contribution in [0.3, 0.4) is 0 Å². The van der Waals surface area contributed by atoms with E-state index in [9.17, 15) is 19.2 Å². The summed E-state index contributed by atoms with van der Waals surface area (Å²) in [5.74, 6) is -2.35. The van der Waals surface area contributed by atoms with Gasteiger partial charge in [-0.25, -0.2) is 4.98 Å². The summed E-state index contributed by atoms with van der Waals surface area (Å²) in [6.07, 6.45) is 2.18. The highest BCUT2D eigenvalue weighted by Gasteiger charge is 2.35. The highest BCUT2D eigenvalue weighted by Crippen LogP contribution is 2.30. The van der Waals surface area contributed by atoms with Crippen molar-refractivity contribution in [2.45, 2.75) is 6.42 Å². The highest BCUT2D eigenvalue weighted by molar-refractivity contribution is 8.18. The number of aliphatic carboxylic acids is 1. The van der Waals surface area contributed by atoms with Gasteiger partial charge in [-0.05, 0) is 11.8 Å². The van der Waals surface area contributed by atoms with E-state index in [1.807, 2.05) is 0 Å². The number of thiazole rings is 1. The Kier molecular flexibility index (Phi) is 4.70. The second-order valence-corrected chi connectivity index (χ2v) is 5.69. The van der Waals surface area contributed by atoms with Crippen molar-refractivity contribution in [2.24, 2.45) is 0 Å². The Hall–Kier alpha value is -2.20. The molecule has 3 amide bonds. The van der Waals surface area contributed by atoms with Gasteiger partial charge in [0.2, 0.25) is 0 Å². The molecule has 0 spiro atoms. The van der Waals surface area contributed by atoms with Crippen LogP contribution in [0.2, 0.25) is 0 Å². The zero-order chi connectivity index (χ0) is 15.4. The van der Waals surface area contributed by atoms with Gasteiger partial charge < -0.3 is 5.11 Å². The molecule has 21 heavy (non-hydrogen) atoms. The highest BCUT2D eigenvalue weighted by atomic mass is 32.2.